The number of likely N-dealkylation sites (tertiary alicyclic amines) is 1. The molecule has 2 N–H and O–H groups in total. The first-order chi connectivity index (χ1) is 11.6. The molecule has 0 aliphatic carbocycles. The molecule has 0 aromatic carbocycles. The number of hydrogen-bond acceptors (Lipinski definition) is 5. The monoisotopic (exact) mass is 490 g/mol. The number of aromatic nitrogens is 2. The molecular formula is C15H26F3IN6O. The van der Waals surface area contributed by atoms with Crippen LogP contribution in [0.25, 0.3) is 0 Å². The Kier molecular flexibility index (Phi) is 8.11. The van der Waals surface area contributed by atoms with Gasteiger partial charge in [0.15, 0.2) is 11.8 Å². The number of aliphatic imine (C=N–C) groups is 1. The van der Waals surface area contributed by atoms with Crippen molar-refractivity contribution in [3.63, 3.8) is 0 Å². The van der Waals surface area contributed by atoms with Gasteiger partial charge in [0.2, 0.25) is 5.89 Å². The van der Waals surface area contributed by atoms with Crippen molar-refractivity contribution < 1.29 is 17.7 Å². The van der Waals surface area contributed by atoms with Gasteiger partial charge in [-0.15, -0.1) is 24.0 Å². The number of guanidine groups is 1. The van der Waals surface area contributed by atoms with Crippen molar-refractivity contribution >= 4 is 29.9 Å². The number of alkyl halides is 3. The van der Waals surface area contributed by atoms with E-state index in [1.54, 1.807) is 7.05 Å². The summed E-state index contributed by atoms with van der Waals surface area (Å²) >= 11 is 0. The molecule has 1 fully saturated rings. The van der Waals surface area contributed by atoms with E-state index in [-0.39, 0.29) is 35.4 Å². The maximum atomic E-state index is 12.4. The molecule has 1 saturated heterocycles. The van der Waals surface area contributed by atoms with Crippen LogP contribution < -0.4 is 10.6 Å². The van der Waals surface area contributed by atoms with E-state index in [0.717, 1.165) is 0 Å². The fraction of sp³-hybridized carbons (Fsp3) is 0.800. The average molecular weight is 490 g/mol. The number of nitrogens with one attached hydrogen (secondary N) is 2. The third kappa shape index (κ3) is 7.25. The van der Waals surface area contributed by atoms with E-state index < -0.39 is 12.7 Å². The molecule has 0 bridgehead atoms. The molecule has 26 heavy (non-hydrogen) atoms. The molecule has 1 aliphatic heterocycles. The fourth-order valence-electron chi connectivity index (χ4n) is 2.53. The molecule has 11 heteroatoms. The lowest BCUT2D eigenvalue weighted by molar-refractivity contribution is -0.143. The highest BCUT2D eigenvalue weighted by Crippen LogP contribution is 2.20. The number of hydrogen-bond donors (Lipinski definition) is 2. The minimum Gasteiger partial charge on any atom is -0.352 e. The Morgan fingerprint density at radius 2 is 2.04 bits per heavy atom. The highest BCUT2D eigenvalue weighted by atomic mass is 127. The van der Waals surface area contributed by atoms with E-state index in [4.69, 9.17) is 4.52 Å². The predicted octanol–water partition coefficient (Wildman–Crippen LogP) is 2.29. The van der Waals surface area contributed by atoms with Crippen LogP contribution in [0, 0.1) is 0 Å². The van der Waals surface area contributed by atoms with Crippen molar-refractivity contribution in [3.8, 4) is 0 Å². The summed E-state index contributed by atoms with van der Waals surface area (Å²) in [5.74, 6) is 1.55. The quantitative estimate of drug-likeness (QED) is 0.383. The van der Waals surface area contributed by atoms with Gasteiger partial charge >= 0.3 is 6.18 Å². The van der Waals surface area contributed by atoms with Crippen LogP contribution in [0.4, 0.5) is 13.2 Å². The maximum Gasteiger partial charge on any atom is 0.401 e. The summed E-state index contributed by atoms with van der Waals surface area (Å²) in [5, 5.41) is 10.1. The zero-order chi connectivity index (χ0) is 18.7. The Bertz CT molecular complexity index is 599. The molecule has 2 rings (SSSR count). The van der Waals surface area contributed by atoms with Gasteiger partial charge in [0.1, 0.15) is 0 Å². The Morgan fingerprint density at radius 1 is 1.35 bits per heavy atom. The normalized spacial score (nSPS) is 19.3. The highest BCUT2D eigenvalue weighted by Gasteiger charge is 2.34. The molecule has 1 aliphatic rings. The van der Waals surface area contributed by atoms with Crippen molar-refractivity contribution in [2.75, 3.05) is 26.7 Å². The molecule has 1 aromatic heterocycles. The summed E-state index contributed by atoms with van der Waals surface area (Å²) in [7, 11) is 1.61. The van der Waals surface area contributed by atoms with Crippen molar-refractivity contribution in [2.45, 2.75) is 51.4 Å². The average Bonchev–Trinajstić information content (AvgIpc) is 3.10. The molecule has 1 aromatic rings. The van der Waals surface area contributed by atoms with Gasteiger partial charge < -0.3 is 15.2 Å². The van der Waals surface area contributed by atoms with Crippen molar-refractivity contribution in [3.05, 3.63) is 11.7 Å². The fourth-order valence-corrected chi connectivity index (χ4v) is 2.53. The Labute approximate surface area is 168 Å². The van der Waals surface area contributed by atoms with Gasteiger partial charge in [0, 0.05) is 31.6 Å². The minimum atomic E-state index is -4.17. The molecule has 1 unspecified atom stereocenters. The topological polar surface area (TPSA) is 78.6 Å². The van der Waals surface area contributed by atoms with Crippen LogP contribution in [0.1, 0.15) is 38.9 Å². The highest BCUT2D eigenvalue weighted by molar-refractivity contribution is 14.0. The van der Waals surface area contributed by atoms with E-state index in [0.29, 0.717) is 43.7 Å². The lowest BCUT2D eigenvalue weighted by atomic mass is 9.97. The van der Waals surface area contributed by atoms with E-state index in [2.05, 4.69) is 25.8 Å². The minimum absolute atomic E-state index is 0. The first-order valence-corrected chi connectivity index (χ1v) is 8.16. The van der Waals surface area contributed by atoms with Crippen LogP contribution in [0.15, 0.2) is 9.52 Å². The first-order valence-electron chi connectivity index (χ1n) is 8.16. The number of halogens is 4. The molecule has 7 nitrogen and oxygen atoms in total. The Morgan fingerprint density at radius 3 is 2.58 bits per heavy atom. The standard InChI is InChI=1S/C15H25F3N6O.HI/c1-14(2,3)12-22-11(23-25-12)7-20-13(19-4)21-10-5-6-24(8-10)9-15(16,17)18;/h10H,5-9H2,1-4H3,(H2,19,20,21);1H. The van der Waals surface area contributed by atoms with Gasteiger partial charge in [-0.2, -0.15) is 18.2 Å². The summed E-state index contributed by atoms with van der Waals surface area (Å²) < 4.78 is 42.5. The van der Waals surface area contributed by atoms with Gasteiger partial charge in [-0.05, 0) is 6.42 Å². The third-order valence-corrected chi connectivity index (χ3v) is 3.76. The summed E-state index contributed by atoms with van der Waals surface area (Å²) in [6, 6.07) is -0.0797. The van der Waals surface area contributed by atoms with Crippen molar-refractivity contribution in [1.29, 1.82) is 0 Å². The van der Waals surface area contributed by atoms with Crippen LogP contribution in [-0.2, 0) is 12.0 Å². The molecular weight excluding hydrogens is 464 g/mol. The Balaban J connectivity index is 0.00000338. The molecule has 0 amide bonds. The second-order valence-corrected chi connectivity index (χ2v) is 7.17. The molecule has 0 saturated carbocycles. The van der Waals surface area contributed by atoms with Gasteiger partial charge in [-0.25, -0.2) is 0 Å². The predicted molar refractivity (Wildman–Crippen MR) is 103 cm³/mol. The van der Waals surface area contributed by atoms with Gasteiger partial charge in [0.05, 0.1) is 13.1 Å². The van der Waals surface area contributed by atoms with Crippen LogP contribution in [0.3, 0.4) is 0 Å². The second kappa shape index (κ2) is 9.20. The molecule has 2 heterocycles. The van der Waals surface area contributed by atoms with Gasteiger partial charge in [-0.1, -0.05) is 25.9 Å². The van der Waals surface area contributed by atoms with Gasteiger partial charge in [-0.3, -0.25) is 9.89 Å². The van der Waals surface area contributed by atoms with E-state index in [9.17, 15) is 13.2 Å². The zero-order valence-electron chi connectivity index (χ0n) is 15.4. The molecule has 0 radical (unpaired) electrons. The SMILES string of the molecule is CN=C(NCc1noc(C(C)(C)C)n1)NC1CCN(CC(F)(F)F)C1.I. The van der Waals surface area contributed by atoms with Crippen LogP contribution >= 0.6 is 24.0 Å². The van der Waals surface area contributed by atoms with Gasteiger partial charge in [0.25, 0.3) is 0 Å². The van der Waals surface area contributed by atoms with Crippen LogP contribution in [0.5, 0.6) is 0 Å². The summed E-state index contributed by atoms with van der Waals surface area (Å²) in [6.07, 6.45) is -3.54. The lowest BCUT2D eigenvalue weighted by Gasteiger charge is -2.19. The number of rotatable bonds is 4. The van der Waals surface area contributed by atoms with Crippen molar-refractivity contribution in [2.24, 2.45) is 4.99 Å². The largest absolute Gasteiger partial charge is 0.401 e. The van der Waals surface area contributed by atoms with E-state index in [1.807, 2.05) is 20.8 Å². The summed E-state index contributed by atoms with van der Waals surface area (Å²) in [4.78, 5) is 9.79. The summed E-state index contributed by atoms with van der Waals surface area (Å²) in [5.41, 5.74) is -0.225. The van der Waals surface area contributed by atoms with Crippen LogP contribution in [-0.4, -0.2) is 59.9 Å². The zero-order valence-corrected chi connectivity index (χ0v) is 17.7. The van der Waals surface area contributed by atoms with E-state index in [1.165, 1.54) is 4.90 Å². The maximum absolute atomic E-state index is 12.4. The van der Waals surface area contributed by atoms with E-state index >= 15 is 0 Å². The third-order valence-electron chi connectivity index (χ3n) is 3.76. The second-order valence-electron chi connectivity index (χ2n) is 7.17. The van der Waals surface area contributed by atoms with Crippen molar-refractivity contribution in [1.82, 2.24) is 25.7 Å². The molecule has 1 atom stereocenters. The molecule has 150 valence electrons. The lowest BCUT2D eigenvalue weighted by Crippen LogP contribution is -2.45. The number of nitrogens with zero attached hydrogens (tertiary/aromatic N) is 4. The first kappa shape index (κ1) is 22.9. The summed E-state index contributed by atoms with van der Waals surface area (Å²) in [6.45, 7) is 6.11. The smallest absolute Gasteiger partial charge is 0.352 e. The van der Waals surface area contributed by atoms with Crippen LogP contribution in [0.2, 0.25) is 0 Å². The molecule has 0 spiro atoms. The Hall–Kier alpha value is -1.11.